The molecule has 1 fully saturated rings. The molecule has 1 atom stereocenters. The van der Waals surface area contributed by atoms with Crippen molar-refractivity contribution in [1.29, 1.82) is 0 Å². The van der Waals surface area contributed by atoms with E-state index >= 15 is 0 Å². The lowest BCUT2D eigenvalue weighted by atomic mass is 10.1. The normalized spacial score (nSPS) is 19.2. The second-order valence-electron chi connectivity index (χ2n) is 5.74. The van der Waals surface area contributed by atoms with Crippen LogP contribution in [0, 0.1) is 0 Å². The Morgan fingerprint density at radius 3 is 3.00 bits per heavy atom. The van der Waals surface area contributed by atoms with Gasteiger partial charge in [0.1, 0.15) is 5.69 Å². The Morgan fingerprint density at radius 2 is 2.32 bits per heavy atom. The number of thiophene rings is 1. The first-order valence-corrected chi connectivity index (χ1v) is 8.92. The number of carbonyl (C=O) groups excluding carboxylic acids is 1. The predicted octanol–water partition coefficient (Wildman–Crippen LogP) is 3.82. The van der Waals surface area contributed by atoms with Crippen LogP contribution in [0.5, 0.6) is 0 Å². The van der Waals surface area contributed by atoms with E-state index in [1.807, 2.05) is 35.7 Å². The fourth-order valence-corrected chi connectivity index (χ4v) is 4.06. The van der Waals surface area contributed by atoms with E-state index in [2.05, 4.69) is 5.10 Å². The monoisotopic (exact) mass is 337 g/mol. The fourth-order valence-electron chi connectivity index (χ4n) is 3.06. The standard InChI is InChI=1S/C16H20ClN3OS/c1-19-11-13(17)16(18-19)14-7-3-2-4-8-20(14)15(21)10-12-6-5-9-22-12/h5-6,9,11,14H,2-4,7-8,10H2,1H3/t14-/m0/s1. The van der Waals surface area contributed by atoms with Crippen molar-refractivity contribution in [2.24, 2.45) is 7.05 Å². The van der Waals surface area contributed by atoms with Crippen molar-refractivity contribution in [2.75, 3.05) is 6.54 Å². The van der Waals surface area contributed by atoms with E-state index in [1.165, 1.54) is 0 Å². The van der Waals surface area contributed by atoms with Gasteiger partial charge in [-0.2, -0.15) is 5.10 Å². The summed E-state index contributed by atoms with van der Waals surface area (Å²) in [7, 11) is 1.86. The Morgan fingerprint density at radius 1 is 1.45 bits per heavy atom. The van der Waals surface area contributed by atoms with Gasteiger partial charge in [-0.1, -0.05) is 30.5 Å². The maximum atomic E-state index is 12.8. The Kier molecular flexibility index (Phi) is 4.84. The topological polar surface area (TPSA) is 38.1 Å². The number of hydrogen-bond donors (Lipinski definition) is 0. The van der Waals surface area contributed by atoms with E-state index in [1.54, 1.807) is 16.0 Å². The van der Waals surface area contributed by atoms with Gasteiger partial charge >= 0.3 is 0 Å². The fraction of sp³-hybridized carbons (Fsp3) is 0.500. The van der Waals surface area contributed by atoms with E-state index in [-0.39, 0.29) is 11.9 Å². The highest BCUT2D eigenvalue weighted by Gasteiger charge is 2.30. The highest BCUT2D eigenvalue weighted by atomic mass is 35.5. The van der Waals surface area contributed by atoms with Gasteiger partial charge in [-0.25, -0.2) is 0 Å². The Hall–Kier alpha value is -1.33. The number of rotatable bonds is 3. The molecule has 0 aliphatic carbocycles. The molecule has 0 aromatic carbocycles. The zero-order chi connectivity index (χ0) is 15.5. The molecule has 0 unspecified atom stereocenters. The van der Waals surface area contributed by atoms with Gasteiger partial charge in [-0.05, 0) is 24.3 Å². The van der Waals surface area contributed by atoms with Crippen LogP contribution in [0.2, 0.25) is 5.02 Å². The summed E-state index contributed by atoms with van der Waals surface area (Å²) in [5.74, 6) is 0.177. The van der Waals surface area contributed by atoms with Crippen molar-refractivity contribution in [3.05, 3.63) is 39.3 Å². The number of likely N-dealkylation sites (tertiary alicyclic amines) is 1. The highest BCUT2D eigenvalue weighted by Crippen LogP contribution is 2.33. The molecule has 6 heteroatoms. The van der Waals surface area contributed by atoms with Gasteiger partial charge in [0.2, 0.25) is 5.91 Å². The Bertz CT molecular complexity index is 638. The molecule has 1 aliphatic rings. The molecule has 1 saturated heterocycles. The molecule has 0 saturated carbocycles. The molecular weight excluding hydrogens is 318 g/mol. The van der Waals surface area contributed by atoms with Crippen molar-refractivity contribution < 1.29 is 4.79 Å². The molecule has 4 nitrogen and oxygen atoms in total. The summed E-state index contributed by atoms with van der Waals surface area (Å²) in [5.41, 5.74) is 0.839. The van der Waals surface area contributed by atoms with E-state index in [0.717, 1.165) is 42.8 Å². The van der Waals surface area contributed by atoms with Gasteiger partial charge in [0, 0.05) is 24.7 Å². The Balaban J connectivity index is 1.84. The molecule has 118 valence electrons. The molecule has 0 N–H and O–H groups in total. The lowest BCUT2D eigenvalue weighted by Gasteiger charge is -2.29. The zero-order valence-electron chi connectivity index (χ0n) is 12.7. The number of amides is 1. The van der Waals surface area contributed by atoms with E-state index in [0.29, 0.717) is 11.4 Å². The zero-order valence-corrected chi connectivity index (χ0v) is 14.2. The second kappa shape index (κ2) is 6.84. The summed E-state index contributed by atoms with van der Waals surface area (Å²) in [4.78, 5) is 15.9. The molecule has 1 aliphatic heterocycles. The summed E-state index contributed by atoms with van der Waals surface area (Å²) >= 11 is 7.96. The van der Waals surface area contributed by atoms with Crippen molar-refractivity contribution in [3.63, 3.8) is 0 Å². The van der Waals surface area contributed by atoms with Gasteiger partial charge in [0.25, 0.3) is 0 Å². The quantitative estimate of drug-likeness (QED) is 0.854. The SMILES string of the molecule is Cn1cc(Cl)c([C@@H]2CCCCCN2C(=O)Cc2cccs2)n1. The van der Waals surface area contributed by atoms with Crippen LogP contribution in [0.15, 0.2) is 23.7 Å². The average Bonchev–Trinajstić information content (AvgIpc) is 3.01. The maximum absolute atomic E-state index is 12.8. The predicted molar refractivity (Wildman–Crippen MR) is 89.2 cm³/mol. The molecular formula is C16H20ClN3OS. The minimum Gasteiger partial charge on any atom is -0.334 e. The summed E-state index contributed by atoms with van der Waals surface area (Å²) < 4.78 is 1.73. The van der Waals surface area contributed by atoms with E-state index in [9.17, 15) is 4.79 Å². The third-order valence-corrected chi connectivity index (χ3v) is 5.27. The molecule has 0 spiro atoms. The van der Waals surface area contributed by atoms with Crippen LogP contribution >= 0.6 is 22.9 Å². The number of hydrogen-bond acceptors (Lipinski definition) is 3. The third-order valence-electron chi connectivity index (χ3n) is 4.10. The van der Waals surface area contributed by atoms with Crippen LogP contribution in [0.3, 0.4) is 0 Å². The first-order chi connectivity index (χ1) is 10.6. The summed E-state index contributed by atoms with van der Waals surface area (Å²) in [6.07, 6.45) is 6.54. The highest BCUT2D eigenvalue weighted by molar-refractivity contribution is 7.10. The summed E-state index contributed by atoms with van der Waals surface area (Å²) in [6.45, 7) is 0.793. The first kappa shape index (κ1) is 15.6. The lowest BCUT2D eigenvalue weighted by molar-refractivity contribution is -0.133. The van der Waals surface area contributed by atoms with Crippen LogP contribution in [0.25, 0.3) is 0 Å². The molecule has 22 heavy (non-hydrogen) atoms. The molecule has 3 heterocycles. The minimum absolute atomic E-state index is 0.00339. The van der Waals surface area contributed by atoms with Crippen LogP contribution in [0.4, 0.5) is 0 Å². The van der Waals surface area contributed by atoms with Crippen LogP contribution < -0.4 is 0 Å². The number of aromatic nitrogens is 2. The molecule has 2 aromatic rings. The van der Waals surface area contributed by atoms with Gasteiger partial charge in [-0.3, -0.25) is 9.48 Å². The third kappa shape index (κ3) is 3.36. The molecule has 0 radical (unpaired) electrons. The van der Waals surface area contributed by atoms with Crippen LogP contribution in [-0.2, 0) is 18.3 Å². The van der Waals surface area contributed by atoms with E-state index < -0.39 is 0 Å². The largest absolute Gasteiger partial charge is 0.334 e. The van der Waals surface area contributed by atoms with Gasteiger partial charge in [-0.15, -0.1) is 11.3 Å². The molecule has 0 bridgehead atoms. The second-order valence-corrected chi connectivity index (χ2v) is 7.18. The molecule has 2 aromatic heterocycles. The van der Waals surface area contributed by atoms with Crippen molar-refractivity contribution in [1.82, 2.24) is 14.7 Å². The summed E-state index contributed by atoms with van der Waals surface area (Å²) in [5, 5.41) is 7.17. The van der Waals surface area contributed by atoms with Gasteiger partial charge in [0.15, 0.2) is 0 Å². The maximum Gasteiger partial charge on any atom is 0.228 e. The number of nitrogens with zero attached hydrogens (tertiary/aromatic N) is 3. The molecule has 1 amide bonds. The number of carbonyl (C=O) groups is 1. The van der Waals surface area contributed by atoms with Crippen molar-refractivity contribution in [3.8, 4) is 0 Å². The molecule has 3 rings (SSSR count). The van der Waals surface area contributed by atoms with Crippen LogP contribution in [0.1, 0.15) is 42.3 Å². The van der Waals surface area contributed by atoms with Crippen molar-refractivity contribution >= 4 is 28.8 Å². The number of aryl methyl sites for hydroxylation is 1. The first-order valence-electron chi connectivity index (χ1n) is 7.66. The van der Waals surface area contributed by atoms with Gasteiger partial charge in [0.05, 0.1) is 17.5 Å². The van der Waals surface area contributed by atoms with Crippen molar-refractivity contribution in [2.45, 2.75) is 38.1 Å². The minimum atomic E-state index is 0.00339. The van der Waals surface area contributed by atoms with Gasteiger partial charge < -0.3 is 4.90 Å². The van der Waals surface area contributed by atoms with Crippen LogP contribution in [-0.4, -0.2) is 27.1 Å². The lowest BCUT2D eigenvalue weighted by Crippen LogP contribution is -2.36. The Labute approximate surface area is 139 Å². The number of halogens is 1. The smallest absolute Gasteiger partial charge is 0.228 e. The summed E-state index contributed by atoms with van der Waals surface area (Å²) in [6, 6.07) is 4.01. The average molecular weight is 338 g/mol. The van der Waals surface area contributed by atoms with E-state index in [4.69, 9.17) is 11.6 Å².